The molecule has 0 aliphatic carbocycles. The van der Waals surface area contributed by atoms with Crippen molar-refractivity contribution in [3.05, 3.63) is 41.4 Å². The molecule has 2 aromatic rings. The molecule has 2 amide bonds. The second-order valence-electron chi connectivity index (χ2n) is 4.21. The number of hydrogen-bond donors (Lipinski definition) is 2. The van der Waals surface area contributed by atoms with E-state index in [-0.39, 0.29) is 11.6 Å². The molecule has 7 nitrogen and oxygen atoms in total. The molecule has 0 fully saturated rings. The van der Waals surface area contributed by atoms with Crippen molar-refractivity contribution in [2.45, 2.75) is 6.92 Å². The molecule has 0 atom stereocenters. The third kappa shape index (κ3) is 4.67. The average molecular weight is 319 g/mol. The third-order valence-corrected chi connectivity index (χ3v) is 3.15. The molecular weight excluding hydrogens is 306 g/mol. The van der Waals surface area contributed by atoms with Gasteiger partial charge in [-0.05, 0) is 12.1 Å². The molecule has 2 rings (SSSR count). The van der Waals surface area contributed by atoms with Gasteiger partial charge in [-0.25, -0.2) is 9.78 Å². The van der Waals surface area contributed by atoms with Crippen molar-refractivity contribution in [1.29, 1.82) is 0 Å². The van der Waals surface area contributed by atoms with Crippen molar-refractivity contribution in [3.8, 4) is 0 Å². The number of carbonyl (C=O) groups is 3. The quantitative estimate of drug-likeness (QED) is 0.820. The molecular formula is C14H13N3O4S. The molecule has 1 heterocycles. The monoisotopic (exact) mass is 319 g/mol. The maximum Gasteiger partial charge on any atom is 0.358 e. The summed E-state index contributed by atoms with van der Waals surface area (Å²) in [5.74, 6) is -1.45. The van der Waals surface area contributed by atoms with Crippen LogP contribution in [-0.2, 0) is 14.3 Å². The van der Waals surface area contributed by atoms with Crippen LogP contribution in [0.2, 0.25) is 0 Å². The van der Waals surface area contributed by atoms with Gasteiger partial charge >= 0.3 is 5.97 Å². The van der Waals surface area contributed by atoms with Gasteiger partial charge in [0.2, 0.25) is 5.91 Å². The molecule has 0 radical (unpaired) electrons. The molecule has 0 aliphatic heterocycles. The van der Waals surface area contributed by atoms with Crippen LogP contribution in [-0.4, -0.2) is 29.4 Å². The highest BCUT2D eigenvalue weighted by Crippen LogP contribution is 2.16. The van der Waals surface area contributed by atoms with Crippen LogP contribution in [0.1, 0.15) is 17.4 Å². The largest absolute Gasteiger partial charge is 0.451 e. The number of nitrogens with one attached hydrogen (secondary N) is 2. The van der Waals surface area contributed by atoms with Crippen molar-refractivity contribution in [2.75, 3.05) is 17.2 Å². The highest BCUT2D eigenvalue weighted by atomic mass is 32.1. The van der Waals surface area contributed by atoms with E-state index < -0.39 is 18.5 Å². The van der Waals surface area contributed by atoms with Gasteiger partial charge in [0, 0.05) is 18.0 Å². The predicted octanol–water partition coefficient (Wildman–Crippen LogP) is 1.90. The Labute approximate surface area is 130 Å². The summed E-state index contributed by atoms with van der Waals surface area (Å²) in [6, 6.07) is 8.82. The number of ether oxygens (including phenoxy) is 1. The Bertz CT molecular complexity index is 684. The molecule has 0 unspecified atom stereocenters. The number of amides is 2. The van der Waals surface area contributed by atoms with E-state index in [0.717, 1.165) is 11.3 Å². The fraction of sp³-hybridized carbons (Fsp3) is 0.143. The molecule has 0 saturated carbocycles. The Hall–Kier alpha value is -2.74. The van der Waals surface area contributed by atoms with Crippen molar-refractivity contribution >= 4 is 39.9 Å². The number of rotatable bonds is 5. The predicted molar refractivity (Wildman–Crippen MR) is 81.8 cm³/mol. The van der Waals surface area contributed by atoms with Gasteiger partial charge in [0.25, 0.3) is 5.91 Å². The van der Waals surface area contributed by atoms with E-state index in [4.69, 9.17) is 4.74 Å². The van der Waals surface area contributed by atoms with Gasteiger partial charge in [-0.2, -0.15) is 0 Å². The minimum atomic E-state index is -0.726. The second-order valence-corrected chi connectivity index (χ2v) is 5.07. The number of benzene rings is 1. The molecule has 2 N–H and O–H groups in total. The maximum absolute atomic E-state index is 11.7. The minimum Gasteiger partial charge on any atom is -0.451 e. The summed E-state index contributed by atoms with van der Waals surface area (Å²) in [5.41, 5.74) is 0.659. The van der Waals surface area contributed by atoms with Gasteiger partial charge in [0.1, 0.15) is 0 Å². The van der Waals surface area contributed by atoms with Gasteiger partial charge in [0.05, 0.1) is 0 Å². The SMILES string of the molecule is CC(=O)Nc1nc(C(=O)OCC(=O)Nc2ccccc2)cs1. The first-order valence-electron chi connectivity index (χ1n) is 6.30. The number of anilines is 2. The normalized spacial score (nSPS) is 9.86. The van der Waals surface area contributed by atoms with Crippen LogP contribution in [0.25, 0.3) is 0 Å². The third-order valence-electron chi connectivity index (χ3n) is 2.39. The summed E-state index contributed by atoms with van der Waals surface area (Å²) in [6.45, 7) is 0.925. The maximum atomic E-state index is 11.7. The number of hydrogen-bond acceptors (Lipinski definition) is 6. The van der Waals surface area contributed by atoms with Crippen molar-refractivity contribution in [3.63, 3.8) is 0 Å². The molecule has 1 aromatic heterocycles. The van der Waals surface area contributed by atoms with Gasteiger partial charge in [-0.1, -0.05) is 18.2 Å². The lowest BCUT2D eigenvalue weighted by Gasteiger charge is -2.05. The van der Waals surface area contributed by atoms with Gasteiger partial charge in [-0.15, -0.1) is 11.3 Å². The minimum absolute atomic E-state index is 0.0428. The number of esters is 1. The summed E-state index contributed by atoms with van der Waals surface area (Å²) < 4.78 is 4.86. The molecule has 0 spiro atoms. The van der Waals surface area contributed by atoms with E-state index in [1.165, 1.54) is 12.3 Å². The van der Waals surface area contributed by atoms with E-state index in [9.17, 15) is 14.4 Å². The van der Waals surface area contributed by atoms with E-state index in [0.29, 0.717) is 10.8 Å². The highest BCUT2D eigenvalue weighted by molar-refractivity contribution is 7.14. The molecule has 114 valence electrons. The fourth-order valence-electron chi connectivity index (χ4n) is 1.50. The summed E-state index contributed by atoms with van der Waals surface area (Å²) in [6.07, 6.45) is 0. The Morgan fingerprint density at radius 3 is 2.59 bits per heavy atom. The van der Waals surface area contributed by atoms with Crippen LogP contribution in [0.3, 0.4) is 0 Å². The Morgan fingerprint density at radius 1 is 1.18 bits per heavy atom. The van der Waals surface area contributed by atoms with Crippen molar-refractivity contribution < 1.29 is 19.1 Å². The summed E-state index contributed by atoms with van der Waals surface area (Å²) in [7, 11) is 0. The van der Waals surface area contributed by atoms with Crippen LogP contribution in [0.15, 0.2) is 35.7 Å². The van der Waals surface area contributed by atoms with Crippen LogP contribution < -0.4 is 10.6 Å². The van der Waals surface area contributed by atoms with E-state index >= 15 is 0 Å². The van der Waals surface area contributed by atoms with E-state index in [1.807, 2.05) is 6.07 Å². The Kier molecular flexibility index (Phi) is 5.21. The first kappa shape index (κ1) is 15.6. The van der Waals surface area contributed by atoms with Crippen LogP contribution in [0, 0.1) is 0 Å². The lowest BCUT2D eigenvalue weighted by molar-refractivity contribution is -0.119. The fourth-order valence-corrected chi connectivity index (χ4v) is 2.22. The Balaban J connectivity index is 1.83. The smallest absolute Gasteiger partial charge is 0.358 e. The molecule has 8 heteroatoms. The highest BCUT2D eigenvalue weighted by Gasteiger charge is 2.14. The topological polar surface area (TPSA) is 97.4 Å². The number of para-hydroxylation sites is 1. The zero-order valence-electron chi connectivity index (χ0n) is 11.7. The van der Waals surface area contributed by atoms with Crippen LogP contribution in [0.5, 0.6) is 0 Å². The summed E-state index contributed by atoms with van der Waals surface area (Å²) in [5, 5.41) is 6.79. The number of thiazole rings is 1. The molecule has 0 saturated heterocycles. The van der Waals surface area contributed by atoms with Gasteiger partial charge < -0.3 is 15.4 Å². The van der Waals surface area contributed by atoms with Crippen molar-refractivity contribution in [2.24, 2.45) is 0 Å². The standard InChI is InChI=1S/C14H13N3O4S/c1-9(18)15-14-17-11(8-22-14)13(20)21-7-12(19)16-10-5-3-2-4-6-10/h2-6,8H,7H2,1H3,(H,16,19)(H,15,17,18). The molecule has 22 heavy (non-hydrogen) atoms. The van der Waals surface area contributed by atoms with Crippen LogP contribution >= 0.6 is 11.3 Å². The first-order chi connectivity index (χ1) is 10.5. The Morgan fingerprint density at radius 2 is 1.91 bits per heavy atom. The van der Waals surface area contributed by atoms with Crippen LogP contribution in [0.4, 0.5) is 10.8 Å². The van der Waals surface area contributed by atoms with Crippen molar-refractivity contribution in [1.82, 2.24) is 4.98 Å². The number of aromatic nitrogens is 1. The molecule has 0 aliphatic rings. The average Bonchev–Trinajstić information content (AvgIpc) is 2.93. The molecule has 0 bridgehead atoms. The first-order valence-corrected chi connectivity index (χ1v) is 7.17. The number of carbonyl (C=O) groups excluding carboxylic acids is 3. The molecule has 1 aromatic carbocycles. The zero-order chi connectivity index (χ0) is 15.9. The zero-order valence-corrected chi connectivity index (χ0v) is 12.5. The second kappa shape index (κ2) is 7.32. The summed E-state index contributed by atoms with van der Waals surface area (Å²) in [4.78, 5) is 38.1. The lowest BCUT2D eigenvalue weighted by atomic mass is 10.3. The number of nitrogens with zero attached hydrogens (tertiary/aromatic N) is 1. The lowest BCUT2D eigenvalue weighted by Crippen LogP contribution is -2.21. The summed E-state index contributed by atoms with van der Waals surface area (Å²) >= 11 is 1.10. The van der Waals surface area contributed by atoms with E-state index in [2.05, 4.69) is 15.6 Å². The van der Waals surface area contributed by atoms with Gasteiger partial charge in [-0.3, -0.25) is 9.59 Å². The van der Waals surface area contributed by atoms with E-state index in [1.54, 1.807) is 24.3 Å². The van der Waals surface area contributed by atoms with Gasteiger partial charge in [0.15, 0.2) is 17.4 Å².